The monoisotopic (exact) mass is 653 g/mol. The molecular formula is C29H34F2N3O10P. The minimum atomic E-state index is -4.61. The number of hydrogen-bond donors (Lipinski definition) is 2. The van der Waals surface area contributed by atoms with E-state index in [1.807, 2.05) is 4.98 Å². The molecule has 1 aliphatic rings. The number of hydrogen-bond acceptors (Lipinski definition) is 10. The molecule has 0 saturated carbocycles. The Bertz CT molecular complexity index is 1710. The fraction of sp³-hybridized carbons (Fsp3) is 0.448. The number of aromatic nitrogens is 2. The predicted octanol–water partition coefficient (Wildman–Crippen LogP) is 4.07. The molecule has 244 valence electrons. The van der Waals surface area contributed by atoms with Crippen LogP contribution in [0.2, 0.25) is 0 Å². The molecule has 45 heavy (non-hydrogen) atoms. The van der Waals surface area contributed by atoms with Gasteiger partial charge in [0.2, 0.25) is 6.10 Å². The van der Waals surface area contributed by atoms with Crippen LogP contribution in [0.4, 0.5) is 8.78 Å². The number of alkyl halides is 2. The second-order valence-corrected chi connectivity index (χ2v) is 12.4. The Morgan fingerprint density at radius 3 is 2.51 bits per heavy atom. The molecule has 1 aliphatic heterocycles. The average Bonchev–Trinajstić information content (AvgIpc) is 3.16. The summed E-state index contributed by atoms with van der Waals surface area (Å²) in [5, 5.41) is 3.74. The molecule has 3 aromatic rings. The number of H-pyrrole nitrogens is 1. The first-order valence-corrected chi connectivity index (χ1v) is 15.6. The van der Waals surface area contributed by atoms with Crippen LogP contribution in [-0.4, -0.2) is 58.4 Å². The highest BCUT2D eigenvalue weighted by Crippen LogP contribution is 2.52. The van der Waals surface area contributed by atoms with Crippen molar-refractivity contribution in [2.24, 2.45) is 0 Å². The summed E-state index contributed by atoms with van der Waals surface area (Å²) in [4.78, 5) is 50.3. The van der Waals surface area contributed by atoms with Gasteiger partial charge in [0.05, 0.1) is 12.5 Å². The molecule has 1 saturated heterocycles. The second kappa shape index (κ2) is 13.6. The molecule has 4 rings (SSSR count). The van der Waals surface area contributed by atoms with E-state index in [9.17, 15) is 23.7 Å². The third-order valence-electron chi connectivity index (χ3n) is 6.74. The predicted molar refractivity (Wildman–Crippen MR) is 157 cm³/mol. The fourth-order valence-electron chi connectivity index (χ4n) is 4.68. The van der Waals surface area contributed by atoms with Crippen LogP contribution < -0.4 is 20.9 Å². The van der Waals surface area contributed by atoms with E-state index < -0.39 is 67.5 Å². The first-order chi connectivity index (χ1) is 21.2. The van der Waals surface area contributed by atoms with E-state index in [-0.39, 0.29) is 25.1 Å². The minimum absolute atomic E-state index is 0.0795. The van der Waals surface area contributed by atoms with Crippen LogP contribution in [0.25, 0.3) is 10.8 Å². The maximum absolute atomic E-state index is 16.7. The fourth-order valence-corrected chi connectivity index (χ4v) is 6.04. The SMILES string of the molecule is CCC(=O)O[C@H]1[C@@](C)(F)[C@H](n2ccc(=O)[nH]c2=O)O[C@]1(F)CO[P@@](=O)(NCCC(=O)OC(C)C)Oc1cccc2ccccc12. The summed E-state index contributed by atoms with van der Waals surface area (Å²) in [6.07, 6.45) is -4.42. The lowest BCUT2D eigenvalue weighted by atomic mass is 9.97. The lowest BCUT2D eigenvalue weighted by Gasteiger charge is -2.30. The first kappa shape index (κ1) is 34.0. The van der Waals surface area contributed by atoms with Gasteiger partial charge in [-0.05, 0) is 32.2 Å². The van der Waals surface area contributed by atoms with Crippen LogP contribution in [0.1, 0.15) is 46.8 Å². The third-order valence-corrected chi connectivity index (χ3v) is 8.25. The highest BCUT2D eigenvalue weighted by molar-refractivity contribution is 7.52. The van der Waals surface area contributed by atoms with Crippen molar-refractivity contribution >= 4 is 30.5 Å². The number of benzene rings is 2. The van der Waals surface area contributed by atoms with Crippen molar-refractivity contribution in [3.63, 3.8) is 0 Å². The molecule has 2 heterocycles. The molecule has 5 atom stereocenters. The molecule has 1 aromatic heterocycles. The van der Waals surface area contributed by atoms with Crippen molar-refractivity contribution < 1.29 is 46.2 Å². The van der Waals surface area contributed by atoms with Crippen LogP contribution in [0, 0.1) is 0 Å². The molecule has 16 heteroatoms. The van der Waals surface area contributed by atoms with Gasteiger partial charge >= 0.3 is 25.4 Å². The highest BCUT2D eigenvalue weighted by atomic mass is 31.2. The van der Waals surface area contributed by atoms with Crippen LogP contribution in [0.5, 0.6) is 5.75 Å². The molecule has 0 aliphatic carbocycles. The van der Waals surface area contributed by atoms with E-state index in [4.69, 9.17) is 23.3 Å². The highest BCUT2D eigenvalue weighted by Gasteiger charge is 2.67. The number of ether oxygens (including phenoxy) is 3. The average molecular weight is 654 g/mol. The van der Waals surface area contributed by atoms with E-state index in [1.54, 1.807) is 50.2 Å². The summed E-state index contributed by atoms with van der Waals surface area (Å²) in [5.74, 6) is -4.87. The lowest BCUT2D eigenvalue weighted by molar-refractivity contribution is -0.214. The quantitative estimate of drug-likeness (QED) is 0.202. The number of carbonyl (C=O) groups excluding carboxylic acids is 2. The van der Waals surface area contributed by atoms with E-state index >= 15 is 8.78 Å². The molecule has 0 radical (unpaired) electrons. The number of aromatic amines is 1. The van der Waals surface area contributed by atoms with Gasteiger partial charge in [-0.25, -0.2) is 23.2 Å². The number of halogens is 2. The van der Waals surface area contributed by atoms with Crippen molar-refractivity contribution in [1.29, 1.82) is 0 Å². The molecule has 13 nitrogen and oxygen atoms in total. The van der Waals surface area contributed by atoms with Gasteiger partial charge in [0.15, 0.2) is 11.9 Å². The van der Waals surface area contributed by atoms with E-state index in [1.165, 1.54) is 13.0 Å². The zero-order chi connectivity index (χ0) is 33.0. The Kier molecular flexibility index (Phi) is 10.3. The Balaban J connectivity index is 1.66. The van der Waals surface area contributed by atoms with Crippen LogP contribution in [-0.2, 0) is 32.9 Å². The van der Waals surface area contributed by atoms with E-state index in [2.05, 4.69) is 5.09 Å². The second-order valence-electron chi connectivity index (χ2n) is 10.7. The Labute approximate surface area is 256 Å². The number of carbonyl (C=O) groups is 2. The molecule has 0 spiro atoms. The topological polar surface area (TPSA) is 164 Å². The van der Waals surface area contributed by atoms with Gasteiger partial charge in [0.25, 0.3) is 11.4 Å². The molecule has 2 aromatic carbocycles. The van der Waals surface area contributed by atoms with Crippen molar-refractivity contribution in [2.45, 2.75) is 70.5 Å². The summed E-state index contributed by atoms with van der Waals surface area (Å²) in [7, 11) is -4.61. The number of esters is 2. The normalized spacial score (nSPS) is 24.3. The number of fused-ring (bicyclic) bond motifs is 1. The van der Waals surface area contributed by atoms with Gasteiger partial charge < -0.3 is 18.7 Å². The zero-order valence-electron chi connectivity index (χ0n) is 25.0. The summed E-state index contributed by atoms with van der Waals surface area (Å²) in [5.41, 5.74) is -4.82. The summed E-state index contributed by atoms with van der Waals surface area (Å²) >= 11 is 0. The van der Waals surface area contributed by atoms with Crippen LogP contribution >= 0.6 is 7.75 Å². The summed E-state index contributed by atoms with van der Waals surface area (Å²) in [6.45, 7) is 3.93. The van der Waals surface area contributed by atoms with Gasteiger partial charge in [-0.2, -0.15) is 0 Å². The smallest absolute Gasteiger partial charge is 0.458 e. The van der Waals surface area contributed by atoms with Gasteiger partial charge in [-0.1, -0.05) is 43.3 Å². The Morgan fingerprint density at radius 1 is 1.11 bits per heavy atom. The van der Waals surface area contributed by atoms with Crippen molar-refractivity contribution in [3.8, 4) is 5.75 Å². The van der Waals surface area contributed by atoms with Gasteiger partial charge in [-0.15, -0.1) is 0 Å². The van der Waals surface area contributed by atoms with E-state index in [0.717, 1.165) is 24.6 Å². The minimum Gasteiger partial charge on any atom is -0.463 e. The maximum Gasteiger partial charge on any atom is 0.458 e. The molecule has 0 bridgehead atoms. The molecule has 0 unspecified atom stereocenters. The van der Waals surface area contributed by atoms with Crippen molar-refractivity contribution in [2.75, 3.05) is 13.2 Å². The van der Waals surface area contributed by atoms with Crippen molar-refractivity contribution in [3.05, 3.63) is 75.6 Å². The molecule has 1 fully saturated rings. The van der Waals surface area contributed by atoms with Gasteiger partial charge in [-0.3, -0.25) is 28.5 Å². The van der Waals surface area contributed by atoms with Gasteiger partial charge in [0.1, 0.15) is 12.4 Å². The zero-order valence-corrected chi connectivity index (χ0v) is 25.9. The Hall–Kier alpha value is -3.91. The third kappa shape index (κ3) is 7.85. The van der Waals surface area contributed by atoms with Gasteiger partial charge in [0, 0.05) is 30.6 Å². The molecular weight excluding hydrogens is 619 g/mol. The standard InChI is InChI=1S/C29H34F2N3O10P/c1-5-23(36)42-25-28(4,30)26(34-16-14-22(35)33-27(34)38)43-29(25,31)17-40-45(39,32-15-13-24(37)41-18(2)3)44-21-12-8-10-19-9-6-7-11-20(19)21/h6-12,14,16,18,25-26H,5,13,15,17H2,1-4H3,(H,32,39)(H,33,35,38)/t25-,26+,28+,29+,45-/m0/s1. The number of nitrogens with zero attached hydrogens (tertiary/aromatic N) is 1. The van der Waals surface area contributed by atoms with E-state index in [0.29, 0.717) is 9.95 Å². The molecule has 2 N–H and O–H groups in total. The lowest BCUT2D eigenvalue weighted by Crippen LogP contribution is -2.50. The number of nitrogens with one attached hydrogen (secondary N) is 2. The van der Waals surface area contributed by atoms with Crippen LogP contribution in [0.3, 0.4) is 0 Å². The largest absolute Gasteiger partial charge is 0.463 e. The Morgan fingerprint density at radius 2 is 1.82 bits per heavy atom. The number of rotatable bonds is 13. The first-order valence-electron chi connectivity index (χ1n) is 14.1. The summed E-state index contributed by atoms with van der Waals surface area (Å²) in [6, 6.07) is 12.7. The molecule has 0 amide bonds. The van der Waals surface area contributed by atoms with Crippen LogP contribution in [0.15, 0.2) is 64.3 Å². The maximum atomic E-state index is 16.7. The van der Waals surface area contributed by atoms with Crippen molar-refractivity contribution in [1.82, 2.24) is 14.6 Å². The summed E-state index contributed by atoms with van der Waals surface area (Å²) < 4.78 is 74.5.